The summed E-state index contributed by atoms with van der Waals surface area (Å²) in [4.78, 5) is 10.3. The van der Waals surface area contributed by atoms with E-state index in [-0.39, 0.29) is 0 Å². The van der Waals surface area contributed by atoms with Crippen LogP contribution < -0.4 is 0 Å². The van der Waals surface area contributed by atoms with Crippen LogP contribution in [0.3, 0.4) is 0 Å². The van der Waals surface area contributed by atoms with Crippen LogP contribution in [0.5, 0.6) is 0 Å². The summed E-state index contributed by atoms with van der Waals surface area (Å²) < 4.78 is 0. The molecule has 13 heavy (non-hydrogen) atoms. The molecular weight excluding hydrogens is 168 g/mol. The Morgan fingerprint density at radius 1 is 1.54 bits per heavy atom. The average Bonchev–Trinajstić information content (AvgIpc) is 2.15. The summed E-state index contributed by atoms with van der Waals surface area (Å²) in [5.74, 6) is -1.14. The van der Waals surface area contributed by atoms with E-state index in [4.69, 9.17) is 10.2 Å². The second kappa shape index (κ2) is 4.82. The molecule has 0 saturated carbocycles. The molecule has 0 amide bonds. The Morgan fingerprint density at radius 3 is 2.85 bits per heavy atom. The summed E-state index contributed by atoms with van der Waals surface area (Å²) in [7, 11) is 0. The summed E-state index contributed by atoms with van der Waals surface area (Å²) in [6, 6.07) is 0. The molecule has 0 aromatic rings. The van der Waals surface area contributed by atoms with Crippen molar-refractivity contribution in [2.45, 2.75) is 31.8 Å². The molecule has 1 atom stereocenters. The van der Waals surface area contributed by atoms with Crippen molar-refractivity contribution < 1.29 is 15.0 Å². The van der Waals surface area contributed by atoms with Gasteiger partial charge >= 0.3 is 5.97 Å². The molecule has 1 rings (SSSR count). The zero-order valence-corrected chi connectivity index (χ0v) is 7.44. The fourth-order valence-corrected chi connectivity index (χ4v) is 1.28. The first-order valence-electron chi connectivity index (χ1n) is 4.46. The largest absolute Gasteiger partial charge is 0.479 e. The fraction of sp³-hybridized carbons (Fsp3) is 0.500. The SMILES string of the molecule is O=C(O)C(O)CCC1=CCCC=C1. The van der Waals surface area contributed by atoms with Crippen molar-refractivity contribution in [3.05, 3.63) is 23.8 Å². The van der Waals surface area contributed by atoms with E-state index in [0.29, 0.717) is 12.8 Å². The van der Waals surface area contributed by atoms with E-state index in [0.717, 1.165) is 18.4 Å². The molecule has 0 aromatic heterocycles. The van der Waals surface area contributed by atoms with E-state index in [1.54, 1.807) is 0 Å². The van der Waals surface area contributed by atoms with Gasteiger partial charge in [-0.1, -0.05) is 23.8 Å². The Hall–Kier alpha value is -1.09. The van der Waals surface area contributed by atoms with E-state index in [9.17, 15) is 4.79 Å². The lowest BCUT2D eigenvalue weighted by Gasteiger charge is -2.08. The Morgan fingerprint density at radius 2 is 2.31 bits per heavy atom. The Bertz CT molecular complexity index is 241. The van der Waals surface area contributed by atoms with Crippen LogP contribution >= 0.6 is 0 Å². The maximum absolute atomic E-state index is 10.3. The van der Waals surface area contributed by atoms with Crippen LogP contribution in [0.1, 0.15) is 25.7 Å². The van der Waals surface area contributed by atoms with E-state index in [1.807, 2.05) is 6.08 Å². The van der Waals surface area contributed by atoms with Crippen molar-refractivity contribution in [1.82, 2.24) is 0 Å². The summed E-state index contributed by atoms with van der Waals surface area (Å²) in [6.45, 7) is 0. The highest BCUT2D eigenvalue weighted by molar-refractivity contribution is 5.71. The summed E-state index contributed by atoms with van der Waals surface area (Å²) in [5, 5.41) is 17.4. The van der Waals surface area contributed by atoms with Gasteiger partial charge in [0, 0.05) is 0 Å². The molecule has 0 fully saturated rings. The van der Waals surface area contributed by atoms with E-state index < -0.39 is 12.1 Å². The lowest BCUT2D eigenvalue weighted by molar-refractivity contribution is -0.146. The molecule has 0 spiro atoms. The standard InChI is InChI=1S/C10H14O3/c11-9(10(12)13)7-6-8-4-2-1-3-5-8/h2,4-5,9,11H,1,3,6-7H2,(H,12,13). The number of aliphatic carboxylic acids is 1. The van der Waals surface area contributed by atoms with Gasteiger partial charge in [-0.15, -0.1) is 0 Å². The van der Waals surface area contributed by atoms with Gasteiger partial charge in [-0.2, -0.15) is 0 Å². The van der Waals surface area contributed by atoms with Crippen molar-refractivity contribution in [2.75, 3.05) is 0 Å². The number of carboxylic acid groups (broad SMARTS) is 1. The molecule has 72 valence electrons. The van der Waals surface area contributed by atoms with Gasteiger partial charge in [-0.05, 0) is 25.7 Å². The average molecular weight is 182 g/mol. The van der Waals surface area contributed by atoms with Crippen LogP contribution in [0, 0.1) is 0 Å². The van der Waals surface area contributed by atoms with Crippen LogP contribution in [-0.4, -0.2) is 22.3 Å². The minimum atomic E-state index is -1.23. The van der Waals surface area contributed by atoms with E-state index in [1.165, 1.54) is 0 Å². The Kier molecular flexibility index (Phi) is 3.71. The molecule has 0 bridgehead atoms. The lowest BCUT2D eigenvalue weighted by Crippen LogP contribution is -2.19. The van der Waals surface area contributed by atoms with Crippen LogP contribution in [0.2, 0.25) is 0 Å². The van der Waals surface area contributed by atoms with Gasteiger partial charge in [-0.25, -0.2) is 4.79 Å². The van der Waals surface area contributed by atoms with Gasteiger partial charge in [0.15, 0.2) is 6.10 Å². The first-order valence-corrected chi connectivity index (χ1v) is 4.46. The minimum absolute atomic E-state index is 0.297. The maximum Gasteiger partial charge on any atom is 0.332 e. The van der Waals surface area contributed by atoms with Gasteiger partial charge < -0.3 is 10.2 Å². The zero-order valence-electron chi connectivity index (χ0n) is 7.44. The molecular formula is C10H14O3. The maximum atomic E-state index is 10.3. The van der Waals surface area contributed by atoms with Gasteiger partial charge in [0.05, 0.1) is 0 Å². The van der Waals surface area contributed by atoms with Gasteiger partial charge in [0.1, 0.15) is 0 Å². The van der Waals surface area contributed by atoms with Crippen LogP contribution in [0.25, 0.3) is 0 Å². The van der Waals surface area contributed by atoms with Crippen molar-refractivity contribution in [2.24, 2.45) is 0 Å². The first-order chi connectivity index (χ1) is 6.20. The third kappa shape index (κ3) is 3.42. The number of aliphatic hydroxyl groups excluding tert-OH is 1. The van der Waals surface area contributed by atoms with Gasteiger partial charge in [0.2, 0.25) is 0 Å². The van der Waals surface area contributed by atoms with Crippen molar-refractivity contribution in [3.63, 3.8) is 0 Å². The summed E-state index contributed by atoms with van der Waals surface area (Å²) in [6.07, 6.45) is 7.96. The van der Waals surface area contributed by atoms with Crippen molar-refractivity contribution in [1.29, 1.82) is 0 Å². The summed E-state index contributed by atoms with van der Waals surface area (Å²) >= 11 is 0. The Labute approximate surface area is 77.4 Å². The fourth-order valence-electron chi connectivity index (χ4n) is 1.28. The quantitative estimate of drug-likeness (QED) is 0.692. The van der Waals surface area contributed by atoms with E-state index in [2.05, 4.69) is 12.2 Å². The zero-order chi connectivity index (χ0) is 9.68. The number of carbonyl (C=O) groups is 1. The highest BCUT2D eigenvalue weighted by Crippen LogP contribution is 2.15. The number of hydrogen-bond acceptors (Lipinski definition) is 2. The third-order valence-electron chi connectivity index (χ3n) is 2.06. The third-order valence-corrected chi connectivity index (χ3v) is 2.06. The number of allylic oxidation sites excluding steroid dienone is 4. The monoisotopic (exact) mass is 182 g/mol. The van der Waals surface area contributed by atoms with E-state index >= 15 is 0 Å². The molecule has 0 aliphatic heterocycles. The number of rotatable bonds is 4. The predicted molar refractivity (Wildman–Crippen MR) is 49.3 cm³/mol. The van der Waals surface area contributed by atoms with Crippen LogP contribution in [-0.2, 0) is 4.79 Å². The van der Waals surface area contributed by atoms with Gasteiger partial charge in [-0.3, -0.25) is 0 Å². The lowest BCUT2D eigenvalue weighted by atomic mass is 10.0. The molecule has 0 radical (unpaired) electrons. The smallest absolute Gasteiger partial charge is 0.332 e. The van der Waals surface area contributed by atoms with Crippen LogP contribution in [0.4, 0.5) is 0 Å². The number of hydrogen-bond donors (Lipinski definition) is 2. The molecule has 3 heteroatoms. The van der Waals surface area contributed by atoms with Crippen molar-refractivity contribution in [3.8, 4) is 0 Å². The molecule has 1 aliphatic carbocycles. The number of aliphatic hydroxyl groups is 1. The minimum Gasteiger partial charge on any atom is -0.479 e. The Balaban J connectivity index is 2.29. The molecule has 0 saturated heterocycles. The predicted octanol–water partition coefficient (Wildman–Crippen LogP) is 1.49. The molecule has 1 unspecified atom stereocenters. The molecule has 3 nitrogen and oxygen atoms in total. The summed E-state index contributed by atoms with van der Waals surface area (Å²) in [5.41, 5.74) is 1.13. The highest BCUT2D eigenvalue weighted by Gasteiger charge is 2.12. The second-order valence-corrected chi connectivity index (χ2v) is 3.15. The highest BCUT2D eigenvalue weighted by atomic mass is 16.4. The molecule has 0 heterocycles. The van der Waals surface area contributed by atoms with Crippen LogP contribution in [0.15, 0.2) is 23.8 Å². The second-order valence-electron chi connectivity index (χ2n) is 3.15. The van der Waals surface area contributed by atoms with Crippen molar-refractivity contribution >= 4 is 5.97 Å². The molecule has 0 aromatic carbocycles. The molecule has 2 N–H and O–H groups in total. The first kappa shape index (κ1) is 9.99. The number of carboxylic acids is 1. The topological polar surface area (TPSA) is 57.5 Å². The normalized spacial score (nSPS) is 18.1. The van der Waals surface area contributed by atoms with Gasteiger partial charge in [0.25, 0.3) is 0 Å². The molecule has 1 aliphatic rings.